The number of carbonyl (C=O) groups excluding carboxylic acids is 1. The monoisotopic (exact) mass is 391 g/mol. The maximum Gasteiger partial charge on any atom is 0.310 e. The number of carbonyl (C=O) groups is 1. The summed E-state index contributed by atoms with van der Waals surface area (Å²) in [6.07, 6.45) is 0. The predicted octanol–water partition coefficient (Wildman–Crippen LogP) is 3.77. The Kier molecular flexibility index (Phi) is 7.15. The summed E-state index contributed by atoms with van der Waals surface area (Å²) in [5.41, 5.74) is 0.619. The molecule has 2 aromatic rings. The molecule has 0 aliphatic heterocycles. The number of nitrogens with one attached hydrogen (secondary N) is 1. The number of hydrogen-bond acceptors (Lipinski definition) is 5. The lowest BCUT2D eigenvalue weighted by Crippen LogP contribution is -2.38. The van der Waals surface area contributed by atoms with Crippen LogP contribution in [-0.2, 0) is 0 Å². The lowest BCUT2D eigenvalue weighted by atomic mass is 10.0. The van der Waals surface area contributed by atoms with E-state index < -0.39 is 22.3 Å². The van der Waals surface area contributed by atoms with Crippen molar-refractivity contribution in [2.24, 2.45) is 0 Å². The van der Waals surface area contributed by atoms with Gasteiger partial charge in [0.05, 0.1) is 11.0 Å². The molecule has 0 radical (unpaired) electrons. The van der Waals surface area contributed by atoms with Crippen molar-refractivity contribution in [2.75, 3.05) is 19.6 Å². The Hall–Kier alpha value is -2.64. The van der Waals surface area contributed by atoms with Crippen LogP contribution in [0.3, 0.4) is 0 Å². The van der Waals surface area contributed by atoms with Crippen molar-refractivity contribution < 1.29 is 14.8 Å². The van der Waals surface area contributed by atoms with E-state index in [1.165, 1.54) is 6.07 Å². The highest BCUT2D eigenvalue weighted by molar-refractivity contribution is 6.31. The number of phenols is 1. The Morgan fingerprint density at radius 2 is 1.93 bits per heavy atom. The van der Waals surface area contributed by atoms with E-state index >= 15 is 0 Å². The zero-order chi connectivity index (χ0) is 20.0. The van der Waals surface area contributed by atoms with Gasteiger partial charge >= 0.3 is 5.69 Å². The fourth-order valence-electron chi connectivity index (χ4n) is 2.96. The number of phenolic OH excluding ortho intramolecular Hbond substituents is 1. The third kappa shape index (κ3) is 4.96. The number of rotatable bonds is 8. The van der Waals surface area contributed by atoms with Gasteiger partial charge in [-0.05, 0) is 36.9 Å². The summed E-state index contributed by atoms with van der Waals surface area (Å²) in [6.45, 7) is 5.93. The van der Waals surface area contributed by atoms with Crippen LogP contribution in [-0.4, -0.2) is 40.5 Å². The van der Waals surface area contributed by atoms with Gasteiger partial charge in [0, 0.05) is 23.2 Å². The summed E-state index contributed by atoms with van der Waals surface area (Å²) >= 11 is 6.34. The van der Waals surface area contributed by atoms with E-state index in [9.17, 15) is 20.0 Å². The fraction of sp³-hybridized carbons (Fsp3) is 0.316. The fourth-order valence-corrected chi connectivity index (χ4v) is 3.22. The van der Waals surface area contributed by atoms with E-state index in [0.717, 1.165) is 30.8 Å². The second-order valence-electron chi connectivity index (χ2n) is 5.93. The Morgan fingerprint density at radius 1 is 1.26 bits per heavy atom. The summed E-state index contributed by atoms with van der Waals surface area (Å²) in [7, 11) is 0. The first kappa shape index (κ1) is 20.7. The Morgan fingerprint density at radius 3 is 2.48 bits per heavy atom. The van der Waals surface area contributed by atoms with Gasteiger partial charge in [0.1, 0.15) is 0 Å². The molecule has 7 nitrogen and oxygen atoms in total. The minimum Gasteiger partial charge on any atom is -0.502 e. The predicted molar refractivity (Wildman–Crippen MR) is 104 cm³/mol. The zero-order valence-corrected chi connectivity index (χ0v) is 15.9. The maximum atomic E-state index is 12.5. The molecule has 0 fully saturated rings. The molecule has 1 atom stereocenters. The first-order valence-electron chi connectivity index (χ1n) is 8.63. The van der Waals surface area contributed by atoms with E-state index in [1.54, 1.807) is 0 Å². The number of hydrogen-bond donors (Lipinski definition) is 2. The molecule has 0 aromatic heterocycles. The normalized spacial score (nSPS) is 12.0. The molecule has 1 amide bonds. The van der Waals surface area contributed by atoms with Crippen molar-refractivity contribution in [3.63, 3.8) is 0 Å². The first-order valence-corrected chi connectivity index (χ1v) is 9.00. The van der Waals surface area contributed by atoms with Crippen LogP contribution in [0.15, 0.2) is 42.5 Å². The van der Waals surface area contributed by atoms with Crippen molar-refractivity contribution in [1.82, 2.24) is 10.2 Å². The van der Waals surface area contributed by atoms with Crippen LogP contribution in [0, 0.1) is 10.1 Å². The van der Waals surface area contributed by atoms with Gasteiger partial charge in [-0.3, -0.25) is 19.8 Å². The highest BCUT2D eigenvalue weighted by atomic mass is 35.5. The van der Waals surface area contributed by atoms with Gasteiger partial charge in [-0.15, -0.1) is 0 Å². The van der Waals surface area contributed by atoms with Crippen LogP contribution >= 0.6 is 11.6 Å². The average molecular weight is 392 g/mol. The number of aromatic hydroxyl groups is 1. The number of nitro groups is 1. The largest absolute Gasteiger partial charge is 0.502 e. The Labute approximate surface area is 162 Å². The van der Waals surface area contributed by atoms with E-state index in [2.05, 4.69) is 10.2 Å². The van der Waals surface area contributed by atoms with E-state index in [0.29, 0.717) is 11.6 Å². The maximum absolute atomic E-state index is 12.5. The molecule has 2 aromatic carbocycles. The number of benzene rings is 2. The van der Waals surface area contributed by atoms with Crippen molar-refractivity contribution >= 4 is 23.2 Å². The lowest BCUT2D eigenvalue weighted by Gasteiger charge is -2.31. The van der Waals surface area contributed by atoms with Crippen LogP contribution in [0.1, 0.15) is 35.8 Å². The molecule has 1 unspecified atom stereocenters. The molecule has 0 heterocycles. The van der Waals surface area contributed by atoms with Gasteiger partial charge in [0.15, 0.2) is 5.75 Å². The summed E-state index contributed by atoms with van der Waals surface area (Å²) in [5.74, 6) is -0.969. The van der Waals surface area contributed by atoms with Crippen LogP contribution in [0.5, 0.6) is 5.75 Å². The topological polar surface area (TPSA) is 95.7 Å². The van der Waals surface area contributed by atoms with E-state index in [-0.39, 0.29) is 11.6 Å². The molecule has 0 spiro atoms. The summed E-state index contributed by atoms with van der Waals surface area (Å²) in [4.78, 5) is 24.7. The average Bonchev–Trinajstić information content (AvgIpc) is 2.65. The quantitative estimate of drug-likeness (QED) is 0.527. The minimum absolute atomic E-state index is 0.121. The number of nitro benzene ring substituents is 1. The molecule has 2 N–H and O–H groups in total. The Bertz CT molecular complexity index is 824. The molecule has 2 rings (SSSR count). The van der Waals surface area contributed by atoms with Gasteiger partial charge in [-0.2, -0.15) is 0 Å². The van der Waals surface area contributed by atoms with Crippen molar-refractivity contribution in [2.45, 2.75) is 19.9 Å². The summed E-state index contributed by atoms with van der Waals surface area (Å²) < 4.78 is 0. The highest BCUT2D eigenvalue weighted by Crippen LogP contribution is 2.28. The van der Waals surface area contributed by atoms with Gasteiger partial charge in [-0.1, -0.05) is 43.6 Å². The molecular formula is C19H22ClN3O4. The lowest BCUT2D eigenvalue weighted by molar-refractivity contribution is -0.385. The van der Waals surface area contributed by atoms with Gasteiger partial charge in [0.2, 0.25) is 0 Å². The zero-order valence-electron chi connectivity index (χ0n) is 15.2. The van der Waals surface area contributed by atoms with Crippen LogP contribution in [0.2, 0.25) is 5.02 Å². The Balaban J connectivity index is 2.19. The summed E-state index contributed by atoms with van der Waals surface area (Å²) in [6, 6.07) is 10.9. The molecule has 27 heavy (non-hydrogen) atoms. The second-order valence-corrected chi connectivity index (χ2v) is 6.34. The summed E-state index contributed by atoms with van der Waals surface area (Å²) in [5, 5.41) is 23.9. The van der Waals surface area contributed by atoms with E-state index in [4.69, 9.17) is 11.6 Å². The number of nitrogens with zero attached hydrogens (tertiary/aromatic N) is 2. The molecule has 8 heteroatoms. The molecular weight excluding hydrogens is 370 g/mol. The van der Waals surface area contributed by atoms with Crippen LogP contribution < -0.4 is 5.32 Å². The van der Waals surface area contributed by atoms with Crippen LogP contribution in [0.4, 0.5) is 5.69 Å². The van der Waals surface area contributed by atoms with Crippen molar-refractivity contribution in [3.05, 3.63) is 68.7 Å². The van der Waals surface area contributed by atoms with E-state index in [1.807, 2.05) is 38.1 Å². The molecule has 144 valence electrons. The van der Waals surface area contributed by atoms with Crippen molar-refractivity contribution in [3.8, 4) is 5.75 Å². The second kappa shape index (κ2) is 9.34. The third-order valence-electron chi connectivity index (χ3n) is 4.41. The van der Waals surface area contributed by atoms with Gasteiger partial charge in [0.25, 0.3) is 5.91 Å². The molecule has 0 aliphatic rings. The SMILES string of the molecule is CCN(CC)C(CNC(=O)c1ccc([N+](=O)[O-])c(O)c1)c1ccccc1Cl. The number of amides is 1. The minimum atomic E-state index is -0.704. The molecule has 0 saturated heterocycles. The third-order valence-corrected chi connectivity index (χ3v) is 4.75. The number of halogens is 1. The smallest absolute Gasteiger partial charge is 0.310 e. The highest BCUT2D eigenvalue weighted by Gasteiger charge is 2.22. The van der Waals surface area contributed by atoms with Gasteiger partial charge < -0.3 is 10.4 Å². The molecule has 0 saturated carbocycles. The van der Waals surface area contributed by atoms with Crippen LogP contribution in [0.25, 0.3) is 0 Å². The first-order chi connectivity index (χ1) is 12.9. The van der Waals surface area contributed by atoms with Crippen molar-refractivity contribution in [1.29, 1.82) is 0 Å². The standard InChI is InChI=1S/C19H22ClN3O4/c1-3-22(4-2)17(14-7-5-6-8-15(14)20)12-21-19(25)13-9-10-16(23(26)27)18(24)11-13/h5-11,17,24H,3-4,12H2,1-2H3,(H,21,25). The van der Waals surface area contributed by atoms with Gasteiger partial charge in [-0.25, -0.2) is 0 Å². The number of likely N-dealkylation sites (N-methyl/N-ethyl adjacent to an activating group) is 1. The molecule has 0 bridgehead atoms. The molecule has 0 aliphatic carbocycles.